The van der Waals surface area contributed by atoms with Crippen LogP contribution in [0.25, 0.3) is 23.0 Å². The van der Waals surface area contributed by atoms with Gasteiger partial charge in [0, 0.05) is 34.5 Å². The number of rotatable bonds is 4. The van der Waals surface area contributed by atoms with Gasteiger partial charge in [0.25, 0.3) is 5.69 Å². The number of aromatic nitrogens is 2. The quantitative estimate of drug-likeness (QED) is 0.229. The summed E-state index contributed by atoms with van der Waals surface area (Å²) in [5, 5.41) is 16.1. The largest absolute Gasteiger partial charge is 0.452 e. The van der Waals surface area contributed by atoms with Gasteiger partial charge in [0.1, 0.15) is 11.4 Å². The minimum Gasteiger partial charge on any atom is -0.452 e. The van der Waals surface area contributed by atoms with Gasteiger partial charge in [-0.1, -0.05) is 29.8 Å². The Kier molecular flexibility index (Phi) is 4.80. The van der Waals surface area contributed by atoms with Gasteiger partial charge in [-0.2, -0.15) is 5.10 Å². The van der Waals surface area contributed by atoms with Gasteiger partial charge in [0.15, 0.2) is 5.76 Å². The number of carbonyl (C=O) groups excluding carboxylic acids is 1. The van der Waals surface area contributed by atoms with Crippen molar-refractivity contribution in [3.63, 3.8) is 0 Å². The summed E-state index contributed by atoms with van der Waals surface area (Å²) in [6.07, 6.45) is 3.41. The second kappa shape index (κ2) is 7.79. The highest BCUT2D eigenvalue weighted by molar-refractivity contribution is 6.31. The molecule has 0 fully saturated rings. The summed E-state index contributed by atoms with van der Waals surface area (Å²) in [5.41, 5.74) is 3.07. The Morgan fingerprint density at radius 3 is 2.50 bits per heavy atom. The van der Waals surface area contributed by atoms with Crippen molar-refractivity contribution >= 4 is 29.1 Å². The average molecular weight is 444 g/mol. The van der Waals surface area contributed by atoms with Crippen molar-refractivity contribution in [1.82, 2.24) is 9.78 Å². The number of non-ortho nitro benzene ring substituents is 1. The van der Waals surface area contributed by atoms with E-state index in [1.165, 1.54) is 12.1 Å². The third kappa shape index (κ3) is 3.55. The Bertz CT molecular complexity index is 1390. The summed E-state index contributed by atoms with van der Waals surface area (Å²) >= 11 is 6.02. The molecule has 0 bridgehead atoms. The van der Waals surface area contributed by atoms with Gasteiger partial charge < -0.3 is 4.74 Å². The number of fused-ring (bicyclic) bond motifs is 1. The molecule has 0 N–H and O–H groups in total. The summed E-state index contributed by atoms with van der Waals surface area (Å²) in [5.74, 6) is 0.320. The van der Waals surface area contributed by atoms with E-state index in [-0.39, 0.29) is 17.2 Å². The molecule has 2 heterocycles. The predicted octanol–water partition coefficient (Wildman–Crippen LogP) is 5.72. The van der Waals surface area contributed by atoms with Crippen LogP contribution >= 0.6 is 11.6 Å². The third-order valence-electron chi connectivity index (χ3n) is 5.03. The maximum Gasteiger partial charge on any atom is 0.269 e. The first kappa shape index (κ1) is 19.7. The highest BCUT2D eigenvalue weighted by Gasteiger charge is 2.28. The summed E-state index contributed by atoms with van der Waals surface area (Å²) < 4.78 is 7.45. The molecule has 0 saturated heterocycles. The number of halogens is 1. The number of allylic oxidation sites excluding steroid dienone is 1. The molecule has 32 heavy (non-hydrogen) atoms. The average Bonchev–Trinajstić information content (AvgIpc) is 3.36. The Balaban J connectivity index is 1.61. The van der Waals surface area contributed by atoms with Gasteiger partial charge in [-0.15, -0.1) is 0 Å². The van der Waals surface area contributed by atoms with Crippen LogP contribution in [-0.4, -0.2) is 20.5 Å². The SMILES string of the molecule is O=C1/C(=C/c2cn(-c3ccccc3)nc2-c2ccc([N+](=O)[O-])cc2)Oc2ccc(Cl)cc21. The van der Waals surface area contributed by atoms with Crippen LogP contribution in [0.1, 0.15) is 15.9 Å². The van der Waals surface area contributed by atoms with Crippen LogP contribution in [0.4, 0.5) is 5.69 Å². The molecule has 0 spiro atoms. The molecule has 0 aliphatic carbocycles. The molecular formula is C24H14ClN3O4. The van der Waals surface area contributed by atoms with Gasteiger partial charge in [-0.05, 0) is 48.5 Å². The van der Waals surface area contributed by atoms with Gasteiger partial charge in [0.05, 0.1) is 16.2 Å². The van der Waals surface area contributed by atoms with Crippen LogP contribution in [0.2, 0.25) is 5.02 Å². The Morgan fingerprint density at radius 2 is 1.78 bits per heavy atom. The zero-order chi connectivity index (χ0) is 22.2. The van der Waals surface area contributed by atoms with Crippen molar-refractivity contribution < 1.29 is 14.5 Å². The minimum atomic E-state index is -0.456. The zero-order valence-electron chi connectivity index (χ0n) is 16.4. The lowest BCUT2D eigenvalue weighted by Crippen LogP contribution is -1.98. The normalized spacial score (nSPS) is 13.8. The summed E-state index contributed by atoms with van der Waals surface area (Å²) in [4.78, 5) is 23.4. The molecule has 5 rings (SSSR count). The molecule has 0 radical (unpaired) electrons. The molecule has 0 saturated carbocycles. The lowest BCUT2D eigenvalue weighted by atomic mass is 10.1. The maximum absolute atomic E-state index is 12.8. The van der Waals surface area contributed by atoms with Crippen LogP contribution < -0.4 is 4.74 Å². The maximum atomic E-state index is 12.8. The van der Waals surface area contributed by atoms with Crippen molar-refractivity contribution in [2.75, 3.05) is 0 Å². The van der Waals surface area contributed by atoms with Crippen molar-refractivity contribution in [3.8, 4) is 22.7 Å². The third-order valence-corrected chi connectivity index (χ3v) is 5.27. The van der Waals surface area contributed by atoms with E-state index in [2.05, 4.69) is 5.10 Å². The number of carbonyl (C=O) groups is 1. The number of Topliss-reactive ketones (excluding diaryl/α,β-unsaturated/α-hetero) is 1. The summed E-state index contributed by atoms with van der Waals surface area (Å²) in [7, 11) is 0. The van der Waals surface area contributed by atoms with Gasteiger partial charge in [0.2, 0.25) is 5.78 Å². The molecule has 1 aromatic heterocycles. The Hall–Kier alpha value is -4.23. The van der Waals surface area contributed by atoms with Crippen molar-refractivity contribution in [1.29, 1.82) is 0 Å². The van der Waals surface area contributed by atoms with E-state index < -0.39 is 4.92 Å². The molecule has 7 nitrogen and oxygen atoms in total. The van der Waals surface area contributed by atoms with Crippen molar-refractivity contribution in [3.05, 3.63) is 111 Å². The molecular weight excluding hydrogens is 430 g/mol. The van der Waals surface area contributed by atoms with Crippen molar-refractivity contribution in [2.45, 2.75) is 0 Å². The van der Waals surface area contributed by atoms with Crippen LogP contribution in [0.3, 0.4) is 0 Å². The number of hydrogen-bond donors (Lipinski definition) is 0. The van der Waals surface area contributed by atoms with Gasteiger partial charge >= 0.3 is 0 Å². The fourth-order valence-corrected chi connectivity index (χ4v) is 3.65. The molecule has 1 aliphatic heterocycles. The first-order chi connectivity index (χ1) is 15.5. The molecule has 0 atom stereocenters. The topological polar surface area (TPSA) is 87.3 Å². The van der Waals surface area contributed by atoms with Crippen molar-refractivity contribution in [2.24, 2.45) is 0 Å². The van der Waals surface area contributed by atoms with Crippen LogP contribution in [-0.2, 0) is 0 Å². The smallest absolute Gasteiger partial charge is 0.269 e. The van der Waals surface area contributed by atoms with Gasteiger partial charge in [-0.3, -0.25) is 14.9 Å². The van der Waals surface area contributed by atoms with E-state index in [1.54, 1.807) is 47.3 Å². The first-order valence-electron chi connectivity index (χ1n) is 9.63. The van der Waals surface area contributed by atoms with E-state index >= 15 is 0 Å². The number of benzene rings is 3. The van der Waals surface area contributed by atoms with Crippen LogP contribution in [0.15, 0.2) is 84.8 Å². The fourth-order valence-electron chi connectivity index (χ4n) is 3.47. The molecule has 0 amide bonds. The molecule has 8 heteroatoms. The highest BCUT2D eigenvalue weighted by Crippen LogP contribution is 2.35. The molecule has 1 aliphatic rings. The van der Waals surface area contributed by atoms with E-state index in [1.807, 2.05) is 30.3 Å². The molecule has 0 unspecified atom stereocenters. The zero-order valence-corrected chi connectivity index (χ0v) is 17.2. The second-order valence-electron chi connectivity index (χ2n) is 7.10. The lowest BCUT2D eigenvalue weighted by Gasteiger charge is -2.01. The van der Waals surface area contributed by atoms with E-state index in [4.69, 9.17) is 16.3 Å². The monoisotopic (exact) mass is 443 g/mol. The first-order valence-corrected chi connectivity index (χ1v) is 10.0. The summed E-state index contributed by atoms with van der Waals surface area (Å²) in [6.45, 7) is 0. The predicted molar refractivity (Wildman–Crippen MR) is 120 cm³/mol. The number of nitro groups is 1. The van der Waals surface area contributed by atoms with E-state index in [9.17, 15) is 14.9 Å². The molecule has 3 aromatic carbocycles. The van der Waals surface area contributed by atoms with Crippen LogP contribution in [0.5, 0.6) is 5.75 Å². The number of para-hydroxylation sites is 1. The number of hydrogen-bond acceptors (Lipinski definition) is 5. The molecule has 156 valence electrons. The van der Waals surface area contributed by atoms with Crippen LogP contribution in [0, 0.1) is 10.1 Å². The number of ether oxygens (including phenoxy) is 1. The van der Waals surface area contributed by atoms with Gasteiger partial charge in [-0.25, -0.2) is 4.68 Å². The lowest BCUT2D eigenvalue weighted by molar-refractivity contribution is -0.384. The minimum absolute atomic E-state index is 0.0159. The highest BCUT2D eigenvalue weighted by atomic mass is 35.5. The second-order valence-corrected chi connectivity index (χ2v) is 7.53. The van der Waals surface area contributed by atoms with E-state index in [0.717, 1.165) is 5.69 Å². The number of nitrogens with zero attached hydrogens (tertiary/aromatic N) is 3. The number of ketones is 1. The Labute approximate surface area is 187 Å². The van der Waals surface area contributed by atoms with E-state index in [0.29, 0.717) is 33.2 Å². The number of nitro benzene ring substituents is 1. The standard InChI is InChI=1S/C24H14ClN3O4/c25-17-8-11-21-20(13-17)24(29)22(32-21)12-16-14-27(18-4-2-1-3-5-18)26-23(16)15-6-9-19(10-7-15)28(30)31/h1-14H/b22-12-. The fraction of sp³-hybridized carbons (Fsp3) is 0. The Morgan fingerprint density at radius 1 is 1.03 bits per heavy atom. The summed E-state index contributed by atoms with van der Waals surface area (Å²) in [6, 6.07) is 20.5. The molecule has 4 aromatic rings.